The second-order valence-corrected chi connectivity index (χ2v) is 3.40. The Bertz CT molecular complexity index is 218. The number of rotatable bonds is 5. The van der Waals surface area contributed by atoms with E-state index in [1.54, 1.807) is 18.9 Å². The van der Waals surface area contributed by atoms with Crippen LogP contribution in [0.25, 0.3) is 0 Å². The van der Waals surface area contributed by atoms with Crippen molar-refractivity contribution in [2.75, 3.05) is 13.6 Å². The van der Waals surface area contributed by atoms with E-state index < -0.39 is 12.6 Å². The van der Waals surface area contributed by atoms with Crippen molar-refractivity contribution in [1.29, 1.82) is 0 Å². The summed E-state index contributed by atoms with van der Waals surface area (Å²) in [6.45, 7) is 1.90. The maximum absolute atomic E-state index is 11.8. The highest BCUT2D eigenvalue weighted by molar-refractivity contribution is 5.84. The lowest BCUT2D eigenvalue weighted by Crippen LogP contribution is -2.41. The van der Waals surface area contributed by atoms with Gasteiger partial charge < -0.3 is 10.9 Å². The molecule has 0 saturated carbocycles. The number of likely N-dealkylation sites (N-methyl/N-ethyl adjacent to an activating group) is 1. The van der Waals surface area contributed by atoms with Gasteiger partial charge in [0.05, 0.1) is 6.04 Å². The van der Waals surface area contributed by atoms with E-state index in [1.165, 1.54) is 0 Å². The Hall–Kier alpha value is -0.980. The SMILES string of the molecule is CC(C(N)=NO)N(C)CCCC(F)(F)F. The third kappa shape index (κ3) is 6.16. The molecule has 1 atom stereocenters. The van der Waals surface area contributed by atoms with Gasteiger partial charge in [-0.15, -0.1) is 0 Å². The van der Waals surface area contributed by atoms with Crippen molar-refractivity contribution in [2.24, 2.45) is 10.9 Å². The molecule has 0 radical (unpaired) electrons. The number of hydrogen-bond acceptors (Lipinski definition) is 3. The molecule has 0 aromatic carbocycles. The topological polar surface area (TPSA) is 61.9 Å². The molecule has 0 aliphatic rings. The van der Waals surface area contributed by atoms with Crippen molar-refractivity contribution in [3.63, 3.8) is 0 Å². The summed E-state index contributed by atoms with van der Waals surface area (Å²) in [6, 6.07) is -0.372. The summed E-state index contributed by atoms with van der Waals surface area (Å²) in [7, 11) is 1.62. The molecule has 0 aromatic heterocycles. The van der Waals surface area contributed by atoms with Crippen molar-refractivity contribution < 1.29 is 18.4 Å². The summed E-state index contributed by atoms with van der Waals surface area (Å²) in [6.07, 6.45) is -4.94. The molecule has 0 aliphatic carbocycles. The van der Waals surface area contributed by atoms with E-state index in [9.17, 15) is 13.2 Å². The largest absolute Gasteiger partial charge is 0.409 e. The van der Waals surface area contributed by atoms with Gasteiger partial charge in [-0.1, -0.05) is 5.16 Å². The van der Waals surface area contributed by atoms with E-state index in [0.717, 1.165) is 0 Å². The lowest BCUT2D eigenvalue weighted by Gasteiger charge is -2.23. The molecular weight excluding hydrogens is 211 g/mol. The first kappa shape index (κ1) is 14.0. The molecule has 0 amide bonds. The summed E-state index contributed by atoms with van der Waals surface area (Å²) >= 11 is 0. The average Bonchev–Trinajstić information content (AvgIpc) is 2.13. The van der Waals surface area contributed by atoms with Crippen LogP contribution in [0, 0.1) is 0 Å². The molecule has 3 N–H and O–H groups in total. The molecule has 0 saturated heterocycles. The van der Waals surface area contributed by atoms with Crippen LogP contribution in [-0.2, 0) is 0 Å². The first-order valence-electron chi connectivity index (χ1n) is 4.52. The third-order valence-electron chi connectivity index (χ3n) is 2.18. The van der Waals surface area contributed by atoms with Crippen molar-refractivity contribution in [3.8, 4) is 0 Å². The molecule has 0 heterocycles. The standard InChI is InChI=1S/C8H16F3N3O/c1-6(7(12)13-15)14(2)5-3-4-8(9,10)11/h6,15H,3-5H2,1-2H3,(H2,12,13). The van der Waals surface area contributed by atoms with Crippen molar-refractivity contribution in [3.05, 3.63) is 0 Å². The van der Waals surface area contributed by atoms with Crippen LogP contribution in [0.2, 0.25) is 0 Å². The maximum Gasteiger partial charge on any atom is 0.389 e. The van der Waals surface area contributed by atoms with E-state index in [1.807, 2.05) is 0 Å². The van der Waals surface area contributed by atoms with Gasteiger partial charge in [-0.05, 0) is 26.9 Å². The number of nitrogens with two attached hydrogens (primary N) is 1. The van der Waals surface area contributed by atoms with E-state index in [4.69, 9.17) is 10.9 Å². The van der Waals surface area contributed by atoms with Gasteiger partial charge in [0.1, 0.15) is 0 Å². The number of halogens is 3. The van der Waals surface area contributed by atoms with Crippen LogP contribution >= 0.6 is 0 Å². The summed E-state index contributed by atoms with van der Waals surface area (Å²) in [5, 5.41) is 11.2. The summed E-state index contributed by atoms with van der Waals surface area (Å²) in [5.41, 5.74) is 5.31. The van der Waals surface area contributed by atoms with Gasteiger partial charge >= 0.3 is 6.18 Å². The Morgan fingerprint density at radius 2 is 2.07 bits per heavy atom. The maximum atomic E-state index is 11.8. The van der Waals surface area contributed by atoms with Crippen LogP contribution < -0.4 is 5.73 Å². The highest BCUT2D eigenvalue weighted by atomic mass is 19.4. The van der Waals surface area contributed by atoms with Crippen LogP contribution in [0.15, 0.2) is 5.16 Å². The van der Waals surface area contributed by atoms with E-state index >= 15 is 0 Å². The number of nitrogens with zero attached hydrogens (tertiary/aromatic N) is 2. The Labute approximate surface area is 86.5 Å². The average molecular weight is 227 g/mol. The Morgan fingerprint density at radius 1 is 1.53 bits per heavy atom. The molecule has 1 unspecified atom stereocenters. The predicted octanol–water partition coefficient (Wildman–Crippen LogP) is 1.40. The molecule has 4 nitrogen and oxygen atoms in total. The van der Waals surface area contributed by atoms with Crippen LogP contribution in [-0.4, -0.2) is 41.8 Å². The monoisotopic (exact) mass is 227 g/mol. The zero-order valence-corrected chi connectivity index (χ0v) is 8.75. The summed E-state index contributed by atoms with van der Waals surface area (Å²) in [4.78, 5) is 1.60. The molecule has 7 heteroatoms. The number of alkyl halides is 3. The minimum Gasteiger partial charge on any atom is -0.409 e. The fraction of sp³-hybridized carbons (Fsp3) is 0.875. The molecule has 90 valence electrons. The van der Waals surface area contributed by atoms with E-state index in [-0.39, 0.29) is 24.8 Å². The lowest BCUT2D eigenvalue weighted by molar-refractivity contribution is -0.136. The second kappa shape index (κ2) is 5.79. The van der Waals surface area contributed by atoms with Crippen LogP contribution in [0.5, 0.6) is 0 Å². The molecule has 0 spiro atoms. The van der Waals surface area contributed by atoms with Gasteiger partial charge in [0, 0.05) is 6.42 Å². The van der Waals surface area contributed by atoms with Crippen LogP contribution in [0.3, 0.4) is 0 Å². The van der Waals surface area contributed by atoms with Gasteiger partial charge in [-0.25, -0.2) is 0 Å². The first-order chi connectivity index (χ1) is 6.78. The number of amidine groups is 1. The van der Waals surface area contributed by atoms with Gasteiger partial charge in [0.25, 0.3) is 0 Å². The van der Waals surface area contributed by atoms with E-state index in [0.29, 0.717) is 0 Å². The summed E-state index contributed by atoms with van der Waals surface area (Å²) < 4.78 is 35.5. The molecular formula is C8H16F3N3O. The van der Waals surface area contributed by atoms with Gasteiger partial charge in [0.2, 0.25) is 0 Å². The lowest BCUT2D eigenvalue weighted by atomic mass is 10.2. The van der Waals surface area contributed by atoms with Crippen molar-refractivity contribution >= 4 is 5.84 Å². The number of hydrogen-bond donors (Lipinski definition) is 2. The Morgan fingerprint density at radius 3 is 2.47 bits per heavy atom. The normalized spacial score (nSPS) is 15.7. The van der Waals surface area contributed by atoms with Crippen molar-refractivity contribution in [2.45, 2.75) is 32.0 Å². The van der Waals surface area contributed by atoms with Gasteiger partial charge in [-0.3, -0.25) is 4.90 Å². The van der Waals surface area contributed by atoms with Crippen molar-refractivity contribution in [1.82, 2.24) is 4.90 Å². The summed E-state index contributed by atoms with van der Waals surface area (Å²) in [5.74, 6) is -0.00971. The molecule has 0 fully saturated rings. The Balaban J connectivity index is 3.89. The third-order valence-corrected chi connectivity index (χ3v) is 2.18. The molecule has 0 bridgehead atoms. The second-order valence-electron chi connectivity index (χ2n) is 3.40. The smallest absolute Gasteiger partial charge is 0.389 e. The number of oxime groups is 1. The molecule has 0 aromatic rings. The van der Waals surface area contributed by atoms with Gasteiger partial charge in [-0.2, -0.15) is 13.2 Å². The fourth-order valence-corrected chi connectivity index (χ4v) is 1.03. The molecule has 0 rings (SSSR count). The zero-order chi connectivity index (χ0) is 12.1. The van der Waals surface area contributed by atoms with Crippen LogP contribution in [0.1, 0.15) is 19.8 Å². The van der Waals surface area contributed by atoms with Crippen LogP contribution in [0.4, 0.5) is 13.2 Å². The fourth-order valence-electron chi connectivity index (χ4n) is 1.03. The first-order valence-corrected chi connectivity index (χ1v) is 4.52. The highest BCUT2D eigenvalue weighted by Crippen LogP contribution is 2.21. The molecule has 15 heavy (non-hydrogen) atoms. The Kier molecular flexibility index (Phi) is 5.41. The zero-order valence-electron chi connectivity index (χ0n) is 8.75. The van der Waals surface area contributed by atoms with E-state index in [2.05, 4.69) is 5.16 Å². The predicted molar refractivity (Wildman–Crippen MR) is 50.8 cm³/mol. The van der Waals surface area contributed by atoms with Gasteiger partial charge in [0.15, 0.2) is 5.84 Å². The molecule has 0 aliphatic heterocycles. The highest BCUT2D eigenvalue weighted by Gasteiger charge is 2.26. The quantitative estimate of drug-likeness (QED) is 0.323. The minimum absolute atomic E-state index is 0.00302. The minimum atomic E-state index is -4.12.